The van der Waals surface area contributed by atoms with Crippen LogP contribution in [0.5, 0.6) is 0 Å². The van der Waals surface area contributed by atoms with Gasteiger partial charge in [-0.2, -0.15) is 5.26 Å². The molecule has 2 N–H and O–H groups in total. The molecule has 2 aromatic heterocycles. The topological polar surface area (TPSA) is 119 Å². The number of rotatable bonds is 5. The molecule has 0 saturated carbocycles. The van der Waals surface area contributed by atoms with Gasteiger partial charge in [-0.1, -0.05) is 6.92 Å². The Morgan fingerprint density at radius 2 is 2.08 bits per heavy atom. The van der Waals surface area contributed by atoms with E-state index in [1.807, 2.05) is 18.2 Å². The van der Waals surface area contributed by atoms with Crippen LogP contribution in [0.2, 0.25) is 0 Å². The Kier molecular flexibility index (Phi) is 7.12. The fourth-order valence-electron chi connectivity index (χ4n) is 5.63. The van der Waals surface area contributed by atoms with Crippen LogP contribution in [-0.4, -0.2) is 65.1 Å². The van der Waals surface area contributed by atoms with Crippen LogP contribution in [0, 0.1) is 23.1 Å². The second-order valence-corrected chi connectivity index (χ2v) is 12.5. The van der Waals surface area contributed by atoms with E-state index in [2.05, 4.69) is 22.1 Å². The van der Waals surface area contributed by atoms with E-state index >= 15 is 0 Å². The predicted molar refractivity (Wildman–Crippen MR) is 139 cm³/mol. The highest BCUT2D eigenvalue weighted by Crippen LogP contribution is 2.36. The van der Waals surface area contributed by atoms with Crippen molar-refractivity contribution in [1.29, 1.82) is 5.26 Å². The lowest BCUT2D eigenvalue weighted by molar-refractivity contribution is 0.155. The molecule has 0 amide bonds. The summed E-state index contributed by atoms with van der Waals surface area (Å²) in [6, 6.07) is 10.00. The standard InChI is InChI=1S/C27H30FN5O3S/c1-17-14-33(15-19-8-18(12-29)9-21(28)10-19)6-3-22(17)27-23-11-26(31-13-20(23)2-5-30-27)32-24-4-7-37(35,36)16-25(24)34/h2,5,8-11,13,17,22,24-25,34H,3-4,6-7,14-16H2,1H3,(H,31,32)/t17-,22-,24+,25-/m1/s1. The second kappa shape index (κ2) is 10.3. The molecule has 0 bridgehead atoms. The Hall–Kier alpha value is -3.13. The van der Waals surface area contributed by atoms with Gasteiger partial charge in [0.05, 0.1) is 41.0 Å². The van der Waals surface area contributed by atoms with E-state index in [0.717, 1.165) is 41.5 Å². The van der Waals surface area contributed by atoms with Gasteiger partial charge in [-0.3, -0.25) is 9.88 Å². The number of nitrogens with zero attached hydrogens (tertiary/aromatic N) is 4. The number of pyridine rings is 2. The van der Waals surface area contributed by atoms with E-state index in [4.69, 9.17) is 10.2 Å². The summed E-state index contributed by atoms with van der Waals surface area (Å²) in [5.41, 5.74) is 2.13. The number of hydrogen-bond acceptors (Lipinski definition) is 8. The van der Waals surface area contributed by atoms with Gasteiger partial charge in [-0.25, -0.2) is 17.8 Å². The molecule has 10 heteroatoms. The first-order chi connectivity index (χ1) is 17.7. The van der Waals surface area contributed by atoms with Gasteiger partial charge in [-0.05, 0) is 61.2 Å². The van der Waals surface area contributed by atoms with Gasteiger partial charge in [-0.15, -0.1) is 0 Å². The SMILES string of the molecule is C[C@@H]1CN(Cc2cc(F)cc(C#N)c2)CC[C@H]1c1nccc2cnc(N[C@H]3CCS(=O)(=O)C[C@H]3O)cc12. The molecule has 37 heavy (non-hydrogen) atoms. The zero-order valence-electron chi connectivity index (χ0n) is 20.6. The third kappa shape index (κ3) is 5.74. The van der Waals surface area contributed by atoms with E-state index < -0.39 is 21.8 Å². The predicted octanol–water partition coefficient (Wildman–Crippen LogP) is 3.23. The third-order valence-corrected chi connectivity index (χ3v) is 9.18. The fourth-order valence-corrected chi connectivity index (χ4v) is 7.16. The minimum atomic E-state index is -3.21. The first-order valence-electron chi connectivity index (χ1n) is 12.5. The highest BCUT2D eigenvalue weighted by Gasteiger charge is 2.33. The van der Waals surface area contributed by atoms with Crippen molar-refractivity contribution >= 4 is 26.4 Å². The number of nitrogens with one attached hydrogen (secondary N) is 1. The Morgan fingerprint density at radius 3 is 2.84 bits per heavy atom. The minimum absolute atomic E-state index is 0.0473. The van der Waals surface area contributed by atoms with Gasteiger partial charge in [0, 0.05) is 42.2 Å². The number of likely N-dealkylation sites (tertiary alicyclic amines) is 1. The molecule has 3 aromatic rings. The van der Waals surface area contributed by atoms with Gasteiger partial charge >= 0.3 is 0 Å². The van der Waals surface area contributed by atoms with Crippen LogP contribution in [0.15, 0.2) is 42.7 Å². The summed E-state index contributed by atoms with van der Waals surface area (Å²) in [5, 5.41) is 24.7. The summed E-state index contributed by atoms with van der Waals surface area (Å²) in [6.07, 6.45) is 3.83. The maximum Gasteiger partial charge on any atom is 0.153 e. The van der Waals surface area contributed by atoms with Crippen LogP contribution in [0.25, 0.3) is 10.8 Å². The van der Waals surface area contributed by atoms with E-state index in [-0.39, 0.29) is 23.5 Å². The zero-order valence-corrected chi connectivity index (χ0v) is 21.5. The summed E-state index contributed by atoms with van der Waals surface area (Å²) in [5.74, 6) is 0.528. The number of aliphatic hydroxyl groups excluding tert-OH is 1. The van der Waals surface area contributed by atoms with Gasteiger partial charge < -0.3 is 10.4 Å². The number of fused-ring (bicyclic) bond motifs is 1. The van der Waals surface area contributed by atoms with Crippen LogP contribution in [0.3, 0.4) is 0 Å². The van der Waals surface area contributed by atoms with Crippen molar-refractivity contribution < 1.29 is 17.9 Å². The lowest BCUT2D eigenvalue weighted by atomic mass is 9.82. The van der Waals surface area contributed by atoms with Crippen molar-refractivity contribution in [1.82, 2.24) is 14.9 Å². The number of halogens is 1. The largest absolute Gasteiger partial charge is 0.390 e. The van der Waals surface area contributed by atoms with Crippen molar-refractivity contribution in [2.45, 2.75) is 44.4 Å². The molecule has 5 rings (SSSR count). The molecule has 4 heterocycles. The summed E-state index contributed by atoms with van der Waals surface area (Å²) < 4.78 is 37.5. The molecule has 2 aliphatic heterocycles. The van der Waals surface area contributed by atoms with Gasteiger partial charge in [0.1, 0.15) is 11.6 Å². The van der Waals surface area contributed by atoms with E-state index in [9.17, 15) is 17.9 Å². The average Bonchev–Trinajstić information content (AvgIpc) is 2.85. The van der Waals surface area contributed by atoms with Gasteiger partial charge in [0.15, 0.2) is 9.84 Å². The molecule has 0 unspecified atom stereocenters. The van der Waals surface area contributed by atoms with Crippen molar-refractivity contribution in [2.24, 2.45) is 5.92 Å². The highest BCUT2D eigenvalue weighted by molar-refractivity contribution is 7.91. The lowest BCUT2D eigenvalue weighted by Crippen LogP contribution is -2.45. The molecule has 0 aliphatic carbocycles. The van der Waals surface area contributed by atoms with Crippen LogP contribution in [-0.2, 0) is 16.4 Å². The van der Waals surface area contributed by atoms with Crippen molar-refractivity contribution in [3.63, 3.8) is 0 Å². The molecule has 8 nitrogen and oxygen atoms in total. The lowest BCUT2D eigenvalue weighted by Gasteiger charge is -2.37. The molecule has 2 aliphatic rings. The summed E-state index contributed by atoms with van der Waals surface area (Å²) in [7, 11) is -3.21. The monoisotopic (exact) mass is 523 g/mol. The molecule has 2 saturated heterocycles. The fraction of sp³-hybridized carbons (Fsp3) is 0.444. The number of anilines is 1. The number of sulfone groups is 1. The highest BCUT2D eigenvalue weighted by atomic mass is 32.2. The Morgan fingerprint density at radius 1 is 1.24 bits per heavy atom. The Labute approximate surface area is 216 Å². The molecule has 2 fully saturated rings. The first-order valence-corrected chi connectivity index (χ1v) is 14.3. The van der Waals surface area contributed by atoms with E-state index in [1.54, 1.807) is 18.5 Å². The van der Waals surface area contributed by atoms with Crippen LogP contribution < -0.4 is 5.32 Å². The van der Waals surface area contributed by atoms with Crippen molar-refractivity contribution in [3.05, 3.63) is 65.4 Å². The molecule has 194 valence electrons. The third-order valence-electron chi connectivity index (χ3n) is 7.47. The van der Waals surface area contributed by atoms with Gasteiger partial charge in [0.2, 0.25) is 0 Å². The molecule has 1 aromatic carbocycles. The van der Waals surface area contributed by atoms with Crippen LogP contribution in [0.4, 0.5) is 10.2 Å². The van der Waals surface area contributed by atoms with E-state index in [1.165, 1.54) is 12.1 Å². The molecular weight excluding hydrogens is 493 g/mol. The van der Waals surface area contributed by atoms with Gasteiger partial charge in [0.25, 0.3) is 0 Å². The van der Waals surface area contributed by atoms with Crippen LogP contribution >= 0.6 is 0 Å². The minimum Gasteiger partial charge on any atom is -0.390 e. The Bertz CT molecular complexity index is 1460. The summed E-state index contributed by atoms with van der Waals surface area (Å²) in [6.45, 7) is 4.43. The average molecular weight is 524 g/mol. The quantitative estimate of drug-likeness (QED) is 0.523. The van der Waals surface area contributed by atoms with E-state index in [0.29, 0.717) is 30.3 Å². The first kappa shape index (κ1) is 25.5. The summed E-state index contributed by atoms with van der Waals surface area (Å²) in [4.78, 5) is 11.5. The number of aliphatic hydroxyl groups is 1. The smallest absolute Gasteiger partial charge is 0.153 e. The normalized spacial score (nSPS) is 26.0. The second-order valence-electron chi connectivity index (χ2n) is 10.3. The molecule has 0 radical (unpaired) electrons. The molecule has 4 atom stereocenters. The van der Waals surface area contributed by atoms with Crippen molar-refractivity contribution in [3.8, 4) is 6.07 Å². The maximum absolute atomic E-state index is 13.9. The summed E-state index contributed by atoms with van der Waals surface area (Å²) >= 11 is 0. The van der Waals surface area contributed by atoms with Crippen molar-refractivity contribution in [2.75, 3.05) is 29.9 Å². The number of hydrogen-bond donors (Lipinski definition) is 2. The van der Waals surface area contributed by atoms with Crippen LogP contribution in [0.1, 0.15) is 42.5 Å². The number of benzene rings is 1. The number of piperidine rings is 1. The molecular formula is C27H30FN5O3S. The Balaban J connectivity index is 1.32. The zero-order chi connectivity index (χ0) is 26.2. The number of aromatic nitrogens is 2. The molecule has 0 spiro atoms. The maximum atomic E-state index is 13.9. The number of nitriles is 1.